The average Bonchev–Trinajstić information content (AvgIpc) is 1.70. The minimum atomic E-state index is -0.0259. The van der Waals surface area contributed by atoms with E-state index in [4.69, 9.17) is 75.7 Å². The highest BCUT2D eigenvalue weighted by Crippen LogP contribution is 2.30. The summed E-state index contributed by atoms with van der Waals surface area (Å²) in [6.07, 6.45) is 62.3. The van der Waals surface area contributed by atoms with Crippen molar-refractivity contribution in [2.75, 3.05) is 6.54 Å². The number of carbonyl (C=O) groups is 1. The fourth-order valence-corrected chi connectivity index (χ4v) is 10.5. The molecule has 1 aliphatic heterocycles. The molecule has 0 aliphatic carbocycles. The maximum absolute atomic E-state index is 11.3. The predicted octanol–water partition coefficient (Wildman–Crippen LogP) is 18.6. The van der Waals surface area contributed by atoms with Crippen molar-refractivity contribution < 1.29 is 22.7 Å². The Kier molecular flexibility index (Phi) is 37.0. The lowest BCUT2D eigenvalue weighted by Crippen LogP contribution is -2.46. The Morgan fingerprint density at radius 1 is 0.456 bits per heavy atom. The van der Waals surface area contributed by atoms with E-state index < -0.39 is 0 Å². The van der Waals surface area contributed by atoms with Gasteiger partial charge in [-0.2, -0.15) is 14.6 Å². The van der Waals surface area contributed by atoms with Gasteiger partial charge in [0.2, 0.25) is 5.91 Å². The standard InChI is InChI=1S/4C10H14N2.C9H15NO.4C9H11NO.C9H11NS/c1-6-9-11-8(7-12(9)5)10(2,3)4;1-6-9-11-7-8(12(9)5)10(2,3)4;1-6-9-8(10(2,3)4)7-12(5)11-9;1-6-8-7-9(10(2,3)4)12(5)11-8;1-9(2,3)10-7-5-4-6-8(10)11;1-5-8-10-7(6-11-8)9(2,3)4;1-5-8-10-6-7(11-8)9(2,3)4;1-5-8-7(6-11-10-8)9(2,3)4;1-5-7-6-8(11-10-7)9(2,3)4;1-5-8-7(6-11-10-8)9(2,3)4/h4*1,7H,2-5H3;4,6H,5,7H2,1-3H3;5*1,6H,2-4H3. The number of rotatable bonds is 0. The van der Waals surface area contributed by atoms with Crippen LogP contribution in [0.2, 0.25) is 0 Å². The second-order valence-electron chi connectivity index (χ2n) is 36.9. The molecule has 0 N–H and O–H groups in total. The van der Waals surface area contributed by atoms with Crippen molar-refractivity contribution in [3.63, 3.8) is 0 Å². The summed E-state index contributed by atoms with van der Waals surface area (Å²) in [7, 11) is 7.66. The van der Waals surface area contributed by atoms with Crippen LogP contribution in [0.1, 0.15) is 317 Å². The first-order valence-corrected chi connectivity index (χ1v) is 38.0. The number of oxazole rings is 2. The van der Waals surface area contributed by atoms with E-state index in [1.54, 1.807) is 35.5 Å². The second-order valence-corrected chi connectivity index (χ2v) is 37.5. The first-order valence-electron chi connectivity index (χ1n) is 37.2. The second kappa shape index (κ2) is 41.9. The van der Waals surface area contributed by atoms with E-state index in [1.165, 1.54) is 17.1 Å². The molecule has 10 rings (SSSR count). The Hall–Kier alpha value is -11.4. The van der Waals surface area contributed by atoms with Crippen molar-refractivity contribution in [2.45, 2.75) is 268 Å². The van der Waals surface area contributed by atoms with Gasteiger partial charge in [-0.3, -0.25) is 14.2 Å². The van der Waals surface area contributed by atoms with Crippen molar-refractivity contribution in [1.29, 1.82) is 0 Å². The van der Waals surface area contributed by atoms with Crippen LogP contribution in [0.15, 0.2) is 84.9 Å². The van der Waals surface area contributed by atoms with Crippen LogP contribution in [0, 0.1) is 111 Å². The van der Waals surface area contributed by atoms with Gasteiger partial charge >= 0.3 is 0 Å². The van der Waals surface area contributed by atoms with Gasteiger partial charge in [0.1, 0.15) is 41.1 Å². The van der Waals surface area contributed by atoms with Crippen LogP contribution < -0.4 is 0 Å². The van der Waals surface area contributed by atoms with Crippen LogP contribution in [0.25, 0.3) is 0 Å². The van der Waals surface area contributed by atoms with Crippen LogP contribution in [0.3, 0.4) is 0 Å². The molecule has 0 unspecified atom stereocenters. The zero-order valence-corrected chi connectivity index (χ0v) is 75.5. The fraction of sp³-hybridized carbons (Fsp3) is 0.489. The summed E-state index contributed by atoms with van der Waals surface area (Å²) in [4.78, 5) is 29.6. The largest absolute Gasteiger partial charge is 0.438 e. The molecule has 1 aliphatic rings. The lowest BCUT2D eigenvalue weighted by Gasteiger charge is -2.36. The lowest BCUT2D eigenvalue weighted by molar-refractivity contribution is -0.131. The SMILES string of the molecule is C#Cc1cc(C(C)(C)C)n(C)n1.C#Cc1cc(C(C)(C)C)on1.C#Cc1nc(C(C)(C)C)cn1C.C#Cc1nc(C(C)(C)C)co1.C#Cc1ncc(C(C)(C)C)n1C.C#Cc1ncc(C(C)(C)C)o1.C#Cc1nn(C)cc1C(C)(C)C.C#Cc1nocc1C(C)(C)C.C#Cc1nscc1C(C)(C)C.CC(C)(C)N1CCC=CC1=O. The van der Waals surface area contributed by atoms with Crippen LogP contribution in [-0.2, 0) is 81.7 Å². The molecule has 0 aromatic carbocycles. The third kappa shape index (κ3) is 33.1. The van der Waals surface area contributed by atoms with Gasteiger partial charge in [0.05, 0.1) is 23.8 Å². The molecule has 0 bridgehead atoms. The molecule has 0 radical (unpaired) electrons. The highest BCUT2D eigenvalue weighted by atomic mass is 32.1. The van der Waals surface area contributed by atoms with Gasteiger partial charge in [0.15, 0.2) is 23.0 Å². The first kappa shape index (κ1) is 101. The van der Waals surface area contributed by atoms with E-state index >= 15 is 0 Å². The van der Waals surface area contributed by atoms with Crippen molar-refractivity contribution in [3.05, 3.63) is 170 Å². The molecule has 0 fully saturated rings. The third-order valence-corrected chi connectivity index (χ3v) is 16.9. The Balaban J connectivity index is 0.000000633. The topological polar surface area (TPSA) is 209 Å². The first-order chi connectivity index (χ1) is 52.0. The highest BCUT2D eigenvalue weighted by Gasteiger charge is 2.28. The molecule has 114 heavy (non-hydrogen) atoms. The number of terminal acetylenes is 9. The Morgan fingerprint density at radius 2 is 0.982 bits per heavy atom. The molecule has 1 amide bonds. The van der Waals surface area contributed by atoms with E-state index in [0.717, 1.165) is 69.8 Å². The Bertz CT molecular complexity index is 4750. The van der Waals surface area contributed by atoms with Gasteiger partial charge in [-0.1, -0.05) is 203 Å². The number of carbonyl (C=O) groups excluding carboxylic acids is 1. The molecule has 0 spiro atoms. The van der Waals surface area contributed by atoms with Gasteiger partial charge < -0.3 is 31.9 Å². The summed E-state index contributed by atoms with van der Waals surface area (Å²) in [5.74, 6) is 26.2. The lowest BCUT2D eigenvalue weighted by atomic mass is 9.87. The van der Waals surface area contributed by atoms with Gasteiger partial charge in [-0.15, -0.1) is 57.8 Å². The maximum Gasteiger partial charge on any atom is 0.273 e. The van der Waals surface area contributed by atoms with Crippen molar-refractivity contribution in [3.8, 4) is 111 Å². The van der Waals surface area contributed by atoms with Crippen molar-refractivity contribution in [2.24, 2.45) is 28.2 Å². The number of nitrogens with zero attached hydrogens (tertiary/aromatic N) is 14. The fourth-order valence-electron chi connectivity index (χ4n) is 9.65. The maximum atomic E-state index is 11.3. The monoisotopic (exact) mass is 1560 g/mol. The smallest absolute Gasteiger partial charge is 0.273 e. The Labute approximate surface area is 688 Å². The summed E-state index contributed by atoms with van der Waals surface area (Å²) in [5, 5.41) is 17.8. The van der Waals surface area contributed by atoms with Crippen LogP contribution in [0.4, 0.5) is 0 Å². The number of amides is 1. The van der Waals surface area contributed by atoms with E-state index in [0.29, 0.717) is 40.5 Å². The summed E-state index contributed by atoms with van der Waals surface area (Å²) < 4.78 is 31.6. The summed E-state index contributed by atoms with van der Waals surface area (Å²) in [5.41, 5.74) is 11.5. The van der Waals surface area contributed by atoms with Crippen LogP contribution in [-0.4, -0.2) is 86.2 Å². The molecule has 9 aromatic rings. The number of hydrogen-bond donors (Lipinski definition) is 0. The molecular formula is C94H126N14O5S. The summed E-state index contributed by atoms with van der Waals surface area (Å²) in [6, 6.07) is 3.75. The number of aromatic nitrogens is 13. The molecule has 0 saturated carbocycles. The number of hydrogen-bond acceptors (Lipinski definition) is 15. The molecule has 10 heterocycles. The molecule has 0 saturated heterocycles. The third-order valence-electron chi connectivity index (χ3n) is 16.3. The predicted molar refractivity (Wildman–Crippen MR) is 466 cm³/mol. The van der Waals surface area contributed by atoms with Crippen molar-refractivity contribution in [1.82, 2.24) is 68.2 Å². The highest BCUT2D eigenvalue weighted by molar-refractivity contribution is 7.03. The van der Waals surface area contributed by atoms with Crippen molar-refractivity contribution >= 4 is 17.4 Å². The minimum absolute atomic E-state index is 0.0118. The van der Waals surface area contributed by atoms with Gasteiger partial charge in [0, 0.05) is 125 Å². The quantitative estimate of drug-likeness (QED) is 0.129. The zero-order chi connectivity index (χ0) is 88.3. The zero-order valence-electron chi connectivity index (χ0n) is 74.7. The molecule has 9 aromatic heterocycles. The normalized spacial score (nSPS) is 11.9. The number of imidazole rings is 2. The van der Waals surface area contributed by atoms with Gasteiger partial charge in [-0.05, 0) is 120 Å². The summed E-state index contributed by atoms with van der Waals surface area (Å²) >= 11 is 1.43. The summed E-state index contributed by atoms with van der Waals surface area (Å²) in [6.45, 7) is 63.7. The van der Waals surface area contributed by atoms with E-state index in [1.807, 2.05) is 125 Å². The number of aryl methyl sites for hydroxylation is 3. The van der Waals surface area contributed by atoms with Gasteiger partial charge in [0.25, 0.3) is 11.8 Å². The molecule has 0 atom stereocenters. The van der Waals surface area contributed by atoms with E-state index in [-0.39, 0.29) is 60.2 Å². The minimum Gasteiger partial charge on any atom is -0.438 e. The van der Waals surface area contributed by atoms with E-state index in [9.17, 15) is 4.79 Å². The molecule has 19 nitrogen and oxygen atoms in total. The van der Waals surface area contributed by atoms with Gasteiger partial charge in [-0.25, -0.2) is 19.9 Å². The van der Waals surface area contributed by atoms with Crippen LogP contribution in [0.5, 0.6) is 0 Å². The molecule has 20 heteroatoms. The molecular weight excluding hydrogens is 1440 g/mol. The van der Waals surface area contributed by atoms with Crippen LogP contribution >= 0.6 is 11.5 Å². The molecule has 608 valence electrons. The average molecular weight is 1560 g/mol. The van der Waals surface area contributed by atoms with E-state index in [2.05, 4.69) is 264 Å². The Morgan fingerprint density at radius 3 is 1.28 bits per heavy atom.